The first kappa shape index (κ1) is 24.3. The maximum absolute atomic E-state index is 6.01. The average Bonchev–Trinajstić information content (AvgIpc) is 2.92. The molecule has 0 bridgehead atoms. The molecule has 36 heavy (non-hydrogen) atoms. The molecule has 0 radical (unpaired) electrons. The van der Waals surface area contributed by atoms with Crippen molar-refractivity contribution in [3.63, 3.8) is 0 Å². The second kappa shape index (κ2) is 12.0. The Morgan fingerprint density at radius 1 is 1.00 bits per heavy atom. The molecule has 0 amide bonds. The van der Waals surface area contributed by atoms with Crippen LogP contribution in [0.1, 0.15) is 36.9 Å². The van der Waals surface area contributed by atoms with E-state index in [2.05, 4.69) is 36.6 Å². The smallest absolute Gasteiger partial charge is 0.229 e. The molecule has 2 aromatic heterocycles. The summed E-state index contributed by atoms with van der Waals surface area (Å²) in [5.74, 6) is 2.58. The van der Waals surface area contributed by atoms with Crippen LogP contribution < -0.4 is 20.1 Å². The van der Waals surface area contributed by atoms with Gasteiger partial charge < -0.3 is 29.7 Å². The number of hydrogen-bond acceptors (Lipinski definition) is 9. The molecule has 2 aliphatic rings. The lowest BCUT2D eigenvalue weighted by Gasteiger charge is -2.26. The second-order valence-electron chi connectivity index (χ2n) is 9.12. The molecular formula is C27H34N6O3. The van der Waals surface area contributed by atoms with E-state index in [1.165, 1.54) is 37.9 Å². The zero-order valence-electron chi connectivity index (χ0n) is 20.8. The van der Waals surface area contributed by atoms with E-state index in [0.717, 1.165) is 48.8 Å². The van der Waals surface area contributed by atoms with Crippen LogP contribution in [0.2, 0.25) is 0 Å². The molecule has 9 nitrogen and oxygen atoms in total. The first-order valence-corrected chi connectivity index (χ1v) is 12.7. The predicted molar refractivity (Wildman–Crippen MR) is 140 cm³/mol. The van der Waals surface area contributed by atoms with Crippen molar-refractivity contribution in [3.8, 4) is 11.5 Å². The fraction of sp³-hybridized carbons (Fsp3) is 0.444. The van der Waals surface area contributed by atoms with E-state index < -0.39 is 0 Å². The average molecular weight is 491 g/mol. The standard InChI is InChI=1S/C27H34N6O3/c1-34-25-17-21(6-7-24(25)36-14-5-13-33-11-3-2-4-12-33)31-27-28-10-8-26(32-27)30-22-16-20-9-15-35-19-23(20)29-18-22/h6-8,10,16-18H,2-5,9,11-15,19H2,1H3,(H2,28,30,31,32). The van der Waals surface area contributed by atoms with E-state index in [4.69, 9.17) is 14.2 Å². The fourth-order valence-corrected chi connectivity index (χ4v) is 4.59. The van der Waals surface area contributed by atoms with Crippen LogP contribution in [0.5, 0.6) is 11.5 Å². The van der Waals surface area contributed by atoms with Gasteiger partial charge in [0.1, 0.15) is 5.82 Å². The summed E-state index contributed by atoms with van der Waals surface area (Å²) in [6.07, 6.45) is 9.38. The molecule has 1 saturated heterocycles. The van der Waals surface area contributed by atoms with Gasteiger partial charge in [-0.15, -0.1) is 0 Å². The van der Waals surface area contributed by atoms with E-state index >= 15 is 0 Å². The number of nitrogens with one attached hydrogen (secondary N) is 2. The number of rotatable bonds is 10. The van der Waals surface area contributed by atoms with Crippen molar-refractivity contribution < 1.29 is 14.2 Å². The number of aromatic nitrogens is 3. The van der Waals surface area contributed by atoms with Crippen LogP contribution in [-0.2, 0) is 17.8 Å². The van der Waals surface area contributed by atoms with Crippen LogP contribution in [0.15, 0.2) is 42.7 Å². The Bertz CT molecular complexity index is 1150. The number of methoxy groups -OCH3 is 1. The molecule has 4 heterocycles. The normalized spacial score (nSPS) is 15.7. The van der Waals surface area contributed by atoms with Gasteiger partial charge in [-0.1, -0.05) is 6.42 Å². The molecule has 2 aliphatic heterocycles. The van der Waals surface area contributed by atoms with Crippen molar-refractivity contribution in [2.45, 2.75) is 38.7 Å². The van der Waals surface area contributed by atoms with Crippen molar-refractivity contribution in [2.75, 3.05) is 50.6 Å². The van der Waals surface area contributed by atoms with E-state index in [1.807, 2.05) is 24.3 Å². The van der Waals surface area contributed by atoms with Crippen LogP contribution in [0.25, 0.3) is 0 Å². The molecule has 0 atom stereocenters. The minimum Gasteiger partial charge on any atom is -0.493 e. The van der Waals surface area contributed by atoms with Gasteiger partial charge in [0.05, 0.1) is 44.5 Å². The Kier molecular flexibility index (Phi) is 8.10. The molecule has 1 aromatic carbocycles. The number of nitrogens with zero attached hydrogens (tertiary/aromatic N) is 4. The lowest BCUT2D eigenvalue weighted by atomic mass is 10.1. The number of benzene rings is 1. The van der Waals surface area contributed by atoms with E-state index in [-0.39, 0.29) is 0 Å². The molecule has 0 spiro atoms. The summed E-state index contributed by atoms with van der Waals surface area (Å²) in [4.78, 5) is 16.0. The van der Waals surface area contributed by atoms with E-state index in [0.29, 0.717) is 30.7 Å². The molecule has 190 valence electrons. The van der Waals surface area contributed by atoms with Crippen molar-refractivity contribution >= 4 is 23.1 Å². The van der Waals surface area contributed by atoms with Crippen LogP contribution in [0.4, 0.5) is 23.1 Å². The third-order valence-corrected chi connectivity index (χ3v) is 6.49. The lowest BCUT2D eigenvalue weighted by Crippen LogP contribution is -2.31. The van der Waals surface area contributed by atoms with Gasteiger partial charge in [-0.3, -0.25) is 4.98 Å². The molecule has 0 aliphatic carbocycles. The highest BCUT2D eigenvalue weighted by atomic mass is 16.5. The number of piperidine rings is 1. The van der Waals surface area contributed by atoms with E-state index in [1.54, 1.807) is 19.5 Å². The molecule has 9 heteroatoms. The first-order chi connectivity index (χ1) is 17.8. The summed E-state index contributed by atoms with van der Waals surface area (Å²) in [5.41, 5.74) is 3.92. The van der Waals surface area contributed by atoms with Crippen molar-refractivity contribution in [1.82, 2.24) is 19.9 Å². The molecule has 0 unspecified atom stereocenters. The lowest BCUT2D eigenvalue weighted by molar-refractivity contribution is 0.107. The minimum absolute atomic E-state index is 0.483. The summed E-state index contributed by atoms with van der Waals surface area (Å²) in [7, 11) is 1.65. The predicted octanol–water partition coefficient (Wildman–Crippen LogP) is 4.69. The molecule has 2 N–H and O–H groups in total. The van der Waals surface area contributed by atoms with Crippen molar-refractivity contribution in [2.24, 2.45) is 0 Å². The quantitative estimate of drug-likeness (QED) is 0.392. The highest BCUT2D eigenvalue weighted by Gasteiger charge is 2.13. The topological polar surface area (TPSA) is 93.7 Å². The van der Waals surface area contributed by atoms with Gasteiger partial charge in [-0.25, -0.2) is 4.98 Å². The molecule has 3 aromatic rings. The summed E-state index contributed by atoms with van der Waals surface area (Å²) >= 11 is 0. The van der Waals surface area contributed by atoms with Crippen LogP contribution in [0, 0.1) is 0 Å². The summed E-state index contributed by atoms with van der Waals surface area (Å²) in [5, 5.41) is 6.58. The van der Waals surface area contributed by atoms with Crippen LogP contribution in [-0.4, -0.2) is 59.8 Å². The Balaban J connectivity index is 1.17. The third kappa shape index (κ3) is 6.41. The van der Waals surface area contributed by atoms with Gasteiger partial charge in [0.2, 0.25) is 5.95 Å². The Morgan fingerprint density at radius 2 is 1.92 bits per heavy atom. The second-order valence-corrected chi connectivity index (χ2v) is 9.12. The molecular weight excluding hydrogens is 456 g/mol. The zero-order chi connectivity index (χ0) is 24.6. The highest BCUT2D eigenvalue weighted by molar-refractivity contribution is 5.62. The largest absolute Gasteiger partial charge is 0.493 e. The minimum atomic E-state index is 0.483. The number of ether oxygens (including phenoxy) is 3. The molecule has 1 fully saturated rings. The monoisotopic (exact) mass is 490 g/mol. The number of likely N-dealkylation sites (tertiary alicyclic amines) is 1. The maximum Gasteiger partial charge on any atom is 0.229 e. The Hall–Kier alpha value is -3.43. The summed E-state index contributed by atoms with van der Waals surface area (Å²) in [6, 6.07) is 9.71. The van der Waals surface area contributed by atoms with Crippen LogP contribution in [0.3, 0.4) is 0 Å². The van der Waals surface area contributed by atoms with Crippen molar-refractivity contribution in [3.05, 3.63) is 54.0 Å². The van der Waals surface area contributed by atoms with Gasteiger partial charge in [0.15, 0.2) is 11.5 Å². The Morgan fingerprint density at radius 3 is 2.81 bits per heavy atom. The Labute approximate surface area is 212 Å². The molecule has 5 rings (SSSR count). The highest BCUT2D eigenvalue weighted by Crippen LogP contribution is 2.31. The summed E-state index contributed by atoms with van der Waals surface area (Å²) in [6.45, 7) is 5.47. The third-order valence-electron chi connectivity index (χ3n) is 6.49. The molecule has 0 saturated carbocycles. The number of hydrogen-bond donors (Lipinski definition) is 2. The first-order valence-electron chi connectivity index (χ1n) is 12.7. The number of pyridine rings is 1. The van der Waals surface area contributed by atoms with Gasteiger partial charge in [-0.05, 0) is 68.6 Å². The van der Waals surface area contributed by atoms with Crippen LogP contribution >= 0.6 is 0 Å². The van der Waals surface area contributed by atoms with Crippen molar-refractivity contribution in [1.29, 1.82) is 0 Å². The van der Waals surface area contributed by atoms with Gasteiger partial charge in [-0.2, -0.15) is 4.98 Å². The fourth-order valence-electron chi connectivity index (χ4n) is 4.59. The van der Waals surface area contributed by atoms with E-state index in [9.17, 15) is 0 Å². The van der Waals surface area contributed by atoms with Gasteiger partial charge >= 0.3 is 0 Å². The number of fused-ring (bicyclic) bond motifs is 1. The SMILES string of the molecule is COc1cc(Nc2nccc(Nc3cnc4c(c3)CCOC4)n2)ccc1OCCCN1CCCCC1. The summed E-state index contributed by atoms with van der Waals surface area (Å²) < 4.78 is 17.1. The van der Waals surface area contributed by atoms with Gasteiger partial charge in [0.25, 0.3) is 0 Å². The number of anilines is 4. The van der Waals surface area contributed by atoms with Gasteiger partial charge in [0, 0.05) is 24.5 Å². The zero-order valence-corrected chi connectivity index (χ0v) is 20.8. The maximum atomic E-state index is 6.01.